The summed E-state index contributed by atoms with van der Waals surface area (Å²) in [7, 11) is 3.16. The number of carbonyl (C=O) groups excluding carboxylic acids is 1. The van der Waals surface area contributed by atoms with E-state index in [-0.39, 0.29) is 5.91 Å². The number of amides is 1. The Labute approximate surface area is 127 Å². The van der Waals surface area contributed by atoms with E-state index in [4.69, 9.17) is 9.47 Å². The SMILES string of the molecule is C=CCc1cc(C(=O)NCCC(C)C)cc(OC)c1OC. The molecule has 1 amide bonds. The highest BCUT2D eigenvalue weighted by atomic mass is 16.5. The second-order valence-electron chi connectivity index (χ2n) is 5.30. The first kappa shape index (κ1) is 17.1. The molecule has 0 aliphatic heterocycles. The number of benzene rings is 1. The maximum absolute atomic E-state index is 12.2. The van der Waals surface area contributed by atoms with Crippen LogP contribution in [0.2, 0.25) is 0 Å². The van der Waals surface area contributed by atoms with Gasteiger partial charge in [-0.3, -0.25) is 4.79 Å². The van der Waals surface area contributed by atoms with Gasteiger partial charge in [-0.2, -0.15) is 0 Å². The van der Waals surface area contributed by atoms with Crippen molar-refractivity contribution in [2.45, 2.75) is 26.7 Å². The molecule has 0 bridgehead atoms. The number of allylic oxidation sites excluding steroid dienone is 1. The molecular weight excluding hydrogens is 266 g/mol. The zero-order valence-electron chi connectivity index (χ0n) is 13.4. The topological polar surface area (TPSA) is 47.6 Å². The molecule has 0 radical (unpaired) electrons. The van der Waals surface area contributed by atoms with E-state index >= 15 is 0 Å². The van der Waals surface area contributed by atoms with E-state index < -0.39 is 0 Å². The molecule has 0 saturated heterocycles. The van der Waals surface area contributed by atoms with Crippen LogP contribution in [-0.2, 0) is 6.42 Å². The van der Waals surface area contributed by atoms with Crippen LogP contribution in [0.1, 0.15) is 36.2 Å². The van der Waals surface area contributed by atoms with Crippen molar-refractivity contribution < 1.29 is 14.3 Å². The summed E-state index contributed by atoms with van der Waals surface area (Å²) in [6.07, 6.45) is 3.35. The van der Waals surface area contributed by atoms with Crippen LogP contribution in [0.15, 0.2) is 24.8 Å². The number of methoxy groups -OCH3 is 2. The van der Waals surface area contributed by atoms with Gasteiger partial charge in [0.1, 0.15) is 0 Å². The second kappa shape index (κ2) is 8.35. The highest BCUT2D eigenvalue weighted by molar-refractivity contribution is 5.95. The monoisotopic (exact) mass is 291 g/mol. The third-order valence-electron chi connectivity index (χ3n) is 3.19. The molecule has 0 heterocycles. The Morgan fingerprint density at radius 1 is 1.33 bits per heavy atom. The first-order valence-corrected chi connectivity index (χ1v) is 7.17. The predicted octanol–water partition coefficient (Wildman–Crippen LogP) is 3.21. The van der Waals surface area contributed by atoms with Gasteiger partial charge in [0.05, 0.1) is 14.2 Å². The molecule has 1 aromatic rings. The molecule has 0 aliphatic rings. The summed E-state index contributed by atoms with van der Waals surface area (Å²) in [6.45, 7) is 8.66. The molecule has 0 aliphatic carbocycles. The van der Waals surface area contributed by atoms with E-state index in [1.165, 1.54) is 0 Å². The normalized spacial score (nSPS) is 10.3. The minimum Gasteiger partial charge on any atom is -0.493 e. The van der Waals surface area contributed by atoms with E-state index in [1.54, 1.807) is 26.4 Å². The van der Waals surface area contributed by atoms with Gasteiger partial charge < -0.3 is 14.8 Å². The minimum atomic E-state index is -0.0954. The molecule has 1 aromatic carbocycles. The van der Waals surface area contributed by atoms with E-state index in [9.17, 15) is 4.79 Å². The standard InChI is InChI=1S/C17H25NO3/c1-6-7-13-10-14(11-15(20-4)16(13)21-5)17(19)18-9-8-12(2)3/h6,10-12H,1,7-9H2,2-5H3,(H,18,19). The molecule has 21 heavy (non-hydrogen) atoms. The van der Waals surface area contributed by atoms with E-state index in [2.05, 4.69) is 25.7 Å². The van der Waals surface area contributed by atoms with Gasteiger partial charge >= 0.3 is 0 Å². The maximum atomic E-state index is 12.2. The highest BCUT2D eigenvalue weighted by Crippen LogP contribution is 2.33. The summed E-state index contributed by atoms with van der Waals surface area (Å²) in [4.78, 5) is 12.2. The number of hydrogen-bond donors (Lipinski definition) is 1. The first-order valence-electron chi connectivity index (χ1n) is 7.17. The quantitative estimate of drug-likeness (QED) is 0.748. The summed E-state index contributed by atoms with van der Waals surface area (Å²) in [5, 5.41) is 2.93. The second-order valence-corrected chi connectivity index (χ2v) is 5.30. The van der Waals surface area contributed by atoms with Crippen LogP contribution in [-0.4, -0.2) is 26.7 Å². The van der Waals surface area contributed by atoms with Gasteiger partial charge in [-0.25, -0.2) is 0 Å². The molecule has 0 fully saturated rings. The largest absolute Gasteiger partial charge is 0.493 e. The average molecular weight is 291 g/mol. The Bertz CT molecular complexity index is 495. The number of nitrogens with one attached hydrogen (secondary N) is 1. The third kappa shape index (κ3) is 4.81. The van der Waals surface area contributed by atoms with Crippen molar-refractivity contribution in [1.82, 2.24) is 5.32 Å². The van der Waals surface area contributed by atoms with Crippen LogP contribution in [0.5, 0.6) is 11.5 Å². The lowest BCUT2D eigenvalue weighted by atomic mass is 10.0. The molecule has 1 N–H and O–H groups in total. The Morgan fingerprint density at radius 2 is 2.05 bits per heavy atom. The van der Waals surface area contributed by atoms with Gasteiger partial charge in [-0.05, 0) is 30.9 Å². The van der Waals surface area contributed by atoms with Crippen molar-refractivity contribution >= 4 is 5.91 Å². The maximum Gasteiger partial charge on any atom is 0.251 e. The van der Waals surface area contributed by atoms with E-state index in [0.717, 1.165) is 12.0 Å². The van der Waals surface area contributed by atoms with Gasteiger partial charge in [0, 0.05) is 17.7 Å². The lowest BCUT2D eigenvalue weighted by Gasteiger charge is -2.14. The summed E-state index contributed by atoms with van der Waals surface area (Å²) < 4.78 is 10.7. The van der Waals surface area contributed by atoms with Crippen molar-refractivity contribution in [2.24, 2.45) is 5.92 Å². The molecule has 0 unspecified atom stereocenters. The summed E-state index contributed by atoms with van der Waals surface area (Å²) in [5.41, 5.74) is 1.47. The van der Waals surface area contributed by atoms with Gasteiger partial charge in [-0.15, -0.1) is 6.58 Å². The molecule has 0 saturated carbocycles. The number of hydrogen-bond acceptors (Lipinski definition) is 3. The number of rotatable bonds is 8. The van der Waals surface area contributed by atoms with Crippen molar-refractivity contribution in [3.63, 3.8) is 0 Å². The zero-order valence-corrected chi connectivity index (χ0v) is 13.4. The summed E-state index contributed by atoms with van der Waals surface area (Å²) >= 11 is 0. The Balaban J connectivity index is 2.98. The average Bonchev–Trinajstić information content (AvgIpc) is 2.46. The molecule has 0 aromatic heterocycles. The van der Waals surface area contributed by atoms with Crippen LogP contribution in [0.25, 0.3) is 0 Å². The van der Waals surface area contributed by atoms with Crippen molar-refractivity contribution in [3.8, 4) is 11.5 Å². The lowest BCUT2D eigenvalue weighted by Crippen LogP contribution is -2.25. The van der Waals surface area contributed by atoms with Crippen molar-refractivity contribution in [1.29, 1.82) is 0 Å². The first-order chi connectivity index (χ1) is 10.0. The van der Waals surface area contributed by atoms with Crippen LogP contribution in [0.4, 0.5) is 0 Å². The number of ether oxygens (including phenoxy) is 2. The number of carbonyl (C=O) groups is 1. The Kier molecular flexibility index (Phi) is 6.79. The highest BCUT2D eigenvalue weighted by Gasteiger charge is 2.15. The van der Waals surface area contributed by atoms with Crippen molar-refractivity contribution in [3.05, 3.63) is 35.9 Å². The van der Waals surface area contributed by atoms with Gasteiger partial charge in [-0.1, -0.05) is 19.9 Å². The van der Waals surface area contributed by atoms with Crippen LogP contribution in [0, 0.1) is 5.92 Å². The smallest absolute Gasteiger partial charge is 0.251 e. The predicted molar refractivity (Wildman–Crippen MR) is 85.2 cm³/mol. The fourth-order valence-electron chi connectivity index (χ4n) is 2.06. The summed E-state index contributed by atoms with van der Waals surface area (Å²) in [5.74, 6) is 1.68. The van der Waals surface area contributed by atoms with Crippen LogP contribution < -0.4 is 14.8 Å². The van der Waals surface area contributed by atoms with Crippen LogP contribution >= 0.6 is 0 Å². The van der Waals surface area contributed by atoms with E-state index in [0.29, 0.717) is 35.9 Å². The van der Waals surface area contributed by atoms with Crippen molar-refractivity contribution in [2.75, 3.05) is 20.8 Å². The molecule has 0 atom stereocenters. The van der Waals surface area contributed by atoms with E-state index in [1.807, 2.05) is 6.07 Å². The molecular formula is C17H25NO3. The fourth-order valence-corrected chi connectivity index (χ4v) is 2.06. The van der Waals surface area contributed by atoms with Crippen LogP contribution in [0.3, 0.4) is 0 Å². The molecule has 116 valence electrons. The fraction of sp³-hybridized carbons (Fsp3) is 0.471. The van der Waals surface area contributed by atoms with Gasteiger partial charge in [0.2, 0.25) is 0 Å². The molecule has 0 spiro atoms. The molecule has 1 rings (SSSR count). The lowest BCUT2D eigenvalue weighted by molar-refractivity contribution is 0.0951. The van der Waals surface area contributed by atoms with Gasteiger partial charge in [0.15, 0.2) is 11.5 Å². The third-order valence-corrected chi connectivity index (χ3v) is 3.19. The zero-order chi connectivity index (χ0) is 15.8. The van der Waals surface area contributed by atoms with Gasteiger partial charge in [0.25, 0.3) is 5.91 Å². The Morgan fingerprint density at radius 3 is 2.57 bits per heavy atom. The Hall–Kier alpha value is -1.97. The summed E-state index contributed by atoms with van der Waals surface area (Å²) in [6, 6.07) is 3.53. The molecule has 4 heteroatoms. The minimum absolute atomic E-state index is 0.0954. The molecule has 4 nitrogen and oxygen atoms in total.